The van der Waals surface area contributed by atoms with Crippen LogP contribution in [0.5, 0.6) is 0 Å². The van der Waals surface area contributed by atoms with Gasteiger partial charge in [0.2, 0.25) is 0 Å². The third kappa shape index (κ3) is 3.88. The smallest absolute Gasteiger partial charge is 0.319 e. The number of carbonyl (C=O) groups is 1. The topological polar surface area (TPSA) is 67.3 Å². The van der Waals surface area contributed by atoms with Gasteiger partial charge in [-0.1, -0.05) is 27.7 Å². The van der Waals surface area contributed by atoms with Crippen molar-refractivity contribution in [3.8, 4) is 0 Å². The fourth-order valence-corrected chi connectivity index (χ4v) is 3.95. The van der Waals surface area contributed by atoms with Gasteiger partial charge in [0.25, 0.3) is 0 Å². The lowest BCUT2D eigenvalue weighted by molar-refractivity contribution is -0.136. The van der Waals surface area contributed by atoms with Crippen LogP contribution in [0.25, 0.3) is 0 Å². The van der Waals surface area contributed by atoms with Crippen molar-refractivity contribution in [2.24, 2.45) is 0 Å². The molecule has 2 atom stereocenters. The third-order valence-electron chi connectivity index (χ3n) is 2.55. The number of carboxylic acid groups (broad SMARTS) is 1. The molecular formula is C12H19NO3S2. The molecule has 0 aliphatic rings. The van der Waals surface area contributed by atoms with Crippen molar-refractivity contribution < 1.29 is 14.1 Å². The zero-order valence-corrected chi connectivity index (χ0v) is 12.7. The second-order valence-corrected chi connectivity index (χ2v) is 7.70. The van der Waals surface area contributed by atoms with E-state index < -0.39 is 22.0 Å². The van der Waals surface area contributed by atoms with Crippen molar-refractivity contribution in [3.05, 3.63) is 16.1 Å². The maximum absolute atomic E-state index is 11.9. The van der Waals surface area contributed by atoms with Crippen LogP contribution in [0.1, 0.15) is 44.8 Å². The Kier molecular flexibility index (Phi) is 5.04. The maximum atomic E-state index is 11.9. The Morgan fingerprint density at radius 1 is 1.56 bits per heavy atom. The maximum Gasteiger partial charge on any atom is 0.319 e. The summed E-state index contributed by atoms with van der Waals surface area (Å²) in [6.07, 6.45) is 0.374. The molecule has 0 aliphatic carbocycles. The fourth-order valence-electron chi connectivity index (χ4n) is 1.42. The number of thiazole rings is 1. The summed E-state index contributed by atoms with van der Waals surface area (Å²) in [6.45, 7) is 7.93. The average molecular weight is 289 g/mol. The molecule has 0 saturated heterocycles. The van der Waals surface area contributed by atoms with Crippen molar-refractivity contribution >= 4 is 28.1 Å². The van der Waals surface area contributed by atoms with Gasteiger partial charge in [0.05, 0.1) is 11.4 Å². The highest BCUT2D eigenvalue weighted by atomic mass is 32.2. The number of hydrogen-bond acceptors (Lipinski definition) is 4. The number of nitrogens with zero attached hydrogens (tertiary/aromatic N) is 1. The summed E-state index contributed by atoms with van der Waals surface area (Å²) >= 11 is 1.45. The van der Waals surface area contributed by atoms with Crippen LogP contribution in [0.3, 0.4) is 0 Å². The molecule has 1 aromatic heterocycles. The molecule has 0 spiro atoms. The zero-order chi connectivity index (χ0) is 13.9. The highest BCUT2D eigenvalue weighted by Gasteiger charge is 2.24. The molecule has 0 aliphatic heterocycles. The molecule has 0 aromatic carbocycles. The molecule has 0 fully saturated rings. The molecule has 0 saturated carbocycles. The van der Waals surface area contributed by atoms with Gasteiger partial charge in [0.1, 0.15) is 10.3 Å². The monoisotopic (exact) mass is 289 g/mol. The number of aromatic nitrogens is 1. The van der Waals surface area contributed by atoms with Crippen LogP contribution in [-0.4, -0.2) is 25.5 Å². The molecule has 1 rings (SSSR count). The second-order valence-electron chi connectivity index (χ2n) is 5.14. The van der Waals surface area contributed by atoms with E-state index in [1.54, 1.807) is 6.92 Å². The predicted molar refractivity (Wildman–Crippen MR) is 74.4 cm³/mol. The number of hydrogen-bond donors (Lipinski definition) is 1. The van der Waals surface area contributed by atoms with Crippen molar-refractivity contribution in [1.29, 1.82) is 0 Å². The van der Waals surface area contributed by atoms with Crippen LogP contribution in [0, 0.1) is 0 Å². The molecule has 1 aromatic rings. The first-order valence-electron chi connectivity index (χ1n) is 5.80. The number of carboxylic acids is 1. The van der Waals surface area contributed by atoms with E-state index in [1.807, 2.05) is 5.38 Å². The van der Waals surface area contributed by atoms with E-state index in [4.69, 9.17) is 5.11 Å². The van der Waals surface area contributed by atoms with E-state index in [0.29, 0.717) is 6.42 Å². The summed E-state index contributed by atoms with van der Waals surface area (Å²) < 4.78 is 11.9. The van der Waals surface area contributed by atoms with Crippen molar-refractivity contribution in [1.82, 2.24) is 4.98 Å². The minimum Gasteiger partial charge on any atom is -0.480 e. The Hall–Kier alpha value is -0.750. The molecular weight excluding hydrogens is 270 g/mol. The molecule has 1 N–H and O–H groups in total. The van der Waals surface area contributed by atoms with Gasteiger partial charge in [-0.25, -0.2) is 4.98 Å². The lowest BCUT2D eigenvalue weighted by Gasteiger charge is -2.14. The van der Waals surface area contributed by atoms with Gasteiger partial charge in [-0.05, 0) is 6.42 Å². The molecule has 102 valence electrons. The van der Waals surface area contributed by atoms with Gasteiger partial charge in [-0.3, -0.25) is 9.00 Å². The van der Waals surface area contributed by atoms with Crippen molar-refractivity contribution in [3.63, 3.8) is 0 Å². The fraction of sp³-hybridized carbons (Fsp3) is 0.667. The lowest BCUT2D eigenvalue weighted by atomic mass is 9.93. The average Bonchev–Trinajstić information content (AvgIpc) is 2.65. The quantitative estimate of drug-likeness (QED) is 0.904. The summed E-state index contributed by atoms with van der Waals surface area (Å²) in [7, 11) is -1.40. The first-order valence-corrected chi connectivity index (χ1v) is 8.06. The molecule has 2 unspecified atom stereocenters. The summed E-state index contributed by atoms with van der Waals surface area (Å²) in [4.78, 5) is 15.3. The standard InChI is InChI=1S/C12H19NO3S2/c1-5-8(11(14)15)18(16)7-10-13-9(6-17-10)12(2,3)4/h6,8H,5,7H2,1-4H3,(H,14,15). The van der Waals surface area contributed by atoms with Gasteiger partial charge in [0, 0.05) is 21.6 Å². The minimum atomic E-state index is -1.40. The molecule has 18 heavy (non-hydrogen) atoms. The Bertz CT molecular complexity index is 448. The summed E-state index contributed by atoms with van der Waals surface area (Å²) in [6, 6.07) is 0. The van der Waals surface area contributed by atoms with Crippen LogP contribution < -0.4 is 0 Å². The Labute approximate surface area is 114 Å². The minimum absolute atomic E-state index is 0.0345. The van der Waals surface area contributed by atoms with Crippen molar-refractivity contribution in [2.45, 2.75) is 50.5 Å². The molecule has 1 heterocycles. The Balaban J connectivity index is 2.77. The number of rotatable bonds is 5. The van der Waals surface area contributed by atoms with Gasteiger partial charge < -0.3 is 5.11 Å². The normalized spacial score (nSPS) is 15.3. The van der Waals surface area contributed by atoms with Crippen LogP contribution >= 0.6 is 11.3 Å². The first-order chi connectivity index (χ1) is 8.25. The van der Waals surface area contributed by atoms with Gasteiger partial charge in [0.15, 0.2) is 0 Å². The van der Waals surface area contributed by atoms with E-state index in [0.717, 1.165) is 10.7 Å². The molecule has 6 heteroatoms. The van der Waals surface area contributed by atoms with E-state index >= 15 is 0 Å². The summed E-state index contributed by atoms with van der Waals surface area (Å²) in [5.74, 6) is -0.769. The Morgan fingerprint density at radius 2 is 2.17 bits per heavy atom. The highest BCUT2D eigenvalue weighted by Crippen LogP contribution is 2.25. The molecule has 0 bridgehead atoms. The van der Waals surface area contributed by atoms with E-state index in [1.165, 1.54) is 11.3 Å². The van der Waals surface area contributed by atoms with E-state index in [2.05, 4.69) is 25.8 Å². The van der Waals surface area contributed by atoms with Gasteiger partial charge in [-0.2, -0.15) is 0 Å². The zero-order valence-electron chi connectivity index (χ0n) is 11.1. The molecule has 0 amide bonds. The summed E-state index contributed by atoms with van der Waals surface area (Å²) in [5.41, 5.74) is 0.926. The lowest BCUT2D eigenvalue weighted by Crippen LogP contribution is -2.25. The second kappa shape index (κ2) is 5.93. The van der Waals surface area contributed by atoms with Gasteiger partial charge >= 0.3 is 5.97 Å². The third-order valence-corrected chi connectivity index (χ3v) is 5.31. The molecule has 0 radical (unpaired) electrons. The Morgan fingerprint density at radius 3 is 2.56 bits per heavy atom. The largest absolute Gasteiger partial charge is 0.480 e. The van der Waals surface area contributed by atoms with Crippen LogP contribution in [0.4, 0.5) is 0 Å². The molecule has 4 nitrogen and oxygen atoms in total. The summed E-state index contributed by atoms with van der Waals surface area (Å²) in [5, 5.41) is 10.8. The number of aliphatic carboxylic acids is 1. The van der Waals surface area contributed by atoms with E-state index in [-0.39, 0.29) is 11.2 Å². The van der Waals surface area contributed by atoms with Crippen LogP contribution in [0.15, 0.2) is 5.38 Å². The van der Waals surface area contributed by atoms with Crippen LogP contribution in [-0.2, 0) is 26.8 Å². The SMILES string of the molecule is CCC(C(=O)O)S(=O)Cc1nc(C(C)(C)C)cs1. The highest BCUT2D eigenvalue weighted by molar-refractivity contribution is 7.85. The predicted octanol–water partition coefficient (Wildman–Crippen LogP) is 2.55. The van der Waals surface area contributed by atoms with Gasteiger partial charge in [-0.15, -0.1) is 11.3 Å². The van der Waals surface area contributed by atoms with Crippen LogP contribution in [0.2, 0.25) is 0 Å². The first kappa shape index (κ1) is 15.3. The van der Waals surface area contributed by atoms with E-state index in [9.17, 15) is 9.00 Å². The van der Waals surface area contributed by atoms with Crippen molar-refractivity contribution in [2.75, 3.05) is 0 Å².